The third-order valence-electron chi connectivity index (χ3n) is 6.61. The molecule has 2 aromatic carbocycles. The minimum atomic E-state index is -1.02. The summed E-state index contributed by atoms with van der Waals surface area (Å²) in [6, 6.07) is 12.0. The van der Waals surface area contributed by atoms with Crippen molar-refractivity contribution < 1.29 is 23.9 Å². The standard InChI is InChI=1S/C32H43N3O5S/c1-10-22-12-14-23(15-13-22)27(28(36)33-24-16-18-25(39-8)19-17-24)35(32(6,7)11-2)29(37)26(20-21-41-9)34-30(38)40-31(3,4)5/h1,12-19,26-27H,11,20-21H2,2-9H3,(H,33,36)(H,34,38). The van der Waals surface area contributed by atoms with Crippen molar-refractivity contribution >= 4 is 35.4 Å². The summed E-state index contributed by atoms with van der Waals surface area (Å²) in [5.41, 5.74) is 0.287. The maximum Gasteiger partial charge on any atom is 0.408 e. The van der Waals surface area contributed by atoms with Gasteiger partial charge in [-0.05, 0) is 101 Å². The second kappa shape index (κ2) is 14.8. The molecule has 0 fully saturated rings. The maximum absolute atomic E-state index is 14.5. The van der Waals surface area contributed by atoms with E-state index in [1.54, 1.807) is 93.1 Å². The maximum atomic E-state index is 14.5. The molecule has 2 rings (SSSR count). The Morgan fingerprint density at radius 1 is 1.02 bits per heavy atom. The molecule has 2 N–H and O–H groups in total. The van der Waals surface area contributed by atoms with Crippen LogP contribution in [0.4, 0.5) is 10.5 Å². The van der Waals surface area contributed by atoms with Crippen molar-refractivity contribution in [3.8, 4) is 18.1 Å². The summed E-state index contributed by atoms with van der Waals surface area (Å²) in [5.74, 6) is 3.07. The van der Waals surface area contributed by atoms with E-state index in [-0.39, 0.29) is 5.91 Å². The fourth-order valence-corrected chi connectivity index (χ4v) is 4.59. The van der Waals surface area contributed by atoms with Crippen molar-refractivity contribution in [2.24, 2.45) is 0 Å². The lowest BCUT2D eigenvalue weighted by Gasteiger charge is -2.44. The van der Waals surface area contributed by atoms with Crippen molar-refractivity contribution in [3.05, 3.63) is 59.7 Å². The van der Waals surface area contributed by atoms with Crippen LogP contribution in [-0.2, 0) is 14.3 Å². The first-order valence-electron chi connectivity index (χ1n) is 13.6. The number of hydrogen-bond acceptors (Lipinski definition) is 6. The van der Waals surface area contributed by atoms with E-state index >= 15 is 0 Å². The number of anilines is 1. The third-order valence-corrected chi connectivity index (χ3v) is 7.26. The van der Waals surface area contributed by atoms with E-state index in [9.17, 15) is 14.4 Å². The second-order valence-corrected chi connectivity index (χ2v) is 12.2. The number of nitrogens with zero attached hydrogens (tertiary/aromatic N) is 1. The smallest absolute Gasteiger partial charge is 0.408 e. The molecule has 2 aromatic rings. The number of amides is 3. The molecule has 0 heterocycles. The number of nitrogens with one attached hydrogen (secondary N) is 2. The van der Waals surface area contributed by atoms with E-state index in [4.69, 9.17) is 15.9 Å². The molecule has 0 saturated carbocycles. The van der Waals surface area contributed by atoms with Gasteiger partial charge in [0, 0.05) is 16.8 Å². The molecule has 9 heteroatoms. The van der Waals surface area contributed by atoms with Crippen LogP contribution in [0.15, 0.2) is 48.5 Å². The van der Waals surface area contributed by atoms with Crippen LogP contribution in [0, 0.1) is 12.3 Å². The van der Waals surface area contributed by atoms with Gasteiger partial charge < -0.3 is 25.0 Å². The van der Waals surface area contributed by atoms with Crippen molar-refractivity contribution in [1.29, 1.82) is 0 Å². The molecule has 0 aliphatic rings. The van der Waals surface area contributed by atoms with Crippen molar-refractivity contribution in [3.63, 3.8) is 0 Å². The van der Waals surface area contributed by atoms with Crippen molar-refractivity contribution in [2.45, 2.75) is 77.6 Å². The molecule has 0 bridgehead atoms. The average molecular weight is 582 g/mol. The Bertz CT molecular complexity index is 1210. The van der Waals surface area contributed by atoms with E-state index in [1.807, 2.05) is 27.0 Å². The van der Waals surface area contributed by atoms with Crippen LogP contribution in [0.2, 0.25) is 0 Å². The molecule has 3 amide bonds. The van der Waals surface area contributed by atoms with Crippen LogP contribution < -0.4 is 15.4 Å². The Labute approximate surface area is 248 Å². The molecule has 2 atom stereocenters. The van der Waals surface area contributed by atoms with E-state index in [0.29, 0.717) is 41.2 Å². The monoisotopic (exact) mass is 581 g/mol. The number of carbonyl (C=O) groups is 3. The number of rotatable bonds is 12. The summed E-state index contributed by atoms with van der Waals surface area (Å²) in [6.07, 6.45) is 7.73. The number of alkyl carbamates (subject to hydrolysis) is 1. The van der Waals surface area contributed by atoms with E-state index in [1.165, 1.54) is 0 Å². The average Bonchev–Trinajstić information content (AvgIpc) is 2.92. The fraction of sp³-hybridized carbons (Fsp3) is 0.469. The zero-order chi connectivity index (χ0) is 30.8. The summed E-state index contributed by atoms with van der Waals surface area (Å²) in [6.45, 7) is 11.1. The molecule has 0 aliphatic carbocycles. The highest BCUT2D eigenvalue weighted by Crippen LogP contribution is 2.33. The molecule has 0 saturated heterocycles. The summed E-state index contributed by atoms with van der Waals surface area (Å²) in [4.78, 5) is 42.9. The van der Waals surface area contributed by atoms with Gasteiger partial charge in [0.2, 0.25) is 5.91 Å². The highest BCUT2D eigenvalue weighted by molar-refractivity contribution is 7.98. The summed E-state index contributed by atoms with van der Waals surface area (Å²) >= 11 is 1.56. The van der Waals surface area contributed by atoms with Crippen molar-refractivity contribution in [1.82, 2.24) is 10.2 Å². The molecular weight excluding hydrogens is 538 g/mol. The van der Waals surface area contributed by atoms with Crippen molar-refractivity contribution in [2.75, 3.05) is 24.4 Å². The summed E-state index contributed by atoms with van der Waals surface area (Å²) in [5, 5.41) is 5.73. The Morgan fingerprint density at radius 2 is 1.63 bits per heavy atom. The lowest BCUT2D eigenvalue weighted by atomic mass is 9.91. The number of methoxy groups -OCH3 is 1. The fourth-order valence-electron chi connectivity index (χ4n) is 4.12. The van der Waals surface area contributed by atoms with E-state index in [2.05, 4.69) is 16.6 Å². The zero-order valence-electron chi connectivity index (χ0n) is 25.4. The van der Waals surface area contributed by atoms with Crippen LogP contribution in [-0.4, -0.2) is 59.1 Å². The van der Waals surface area contributed by atoms with Crippen LogP contribution >= 0.6 is 11.8 Å². The molecule has 0 spiro atoms. The van der Waals surface area contributed by atoms with E-state index in [0.717, 1.165) is 0 Å². The Kier molecular flexibility index (Phi) is 12.1. The molecule has 0 aliphatic heterocycles. The molecular formula is C32H43N3O5S. The minimum Gasteiger partial charge on any atom is -0.497 e. The first kappa shape index (κ1) is 33.6. The molecule has 0 aromatic heterocycles. The van der Waals surface area contributed by atoms with E-state index < -0.39 is 35.2 Å². The van der Waals surface area contributed by atoms with Gasteiger partial charge in [0.25, 0.3) is 5.91 Å². The number of terminal acetylenes is 1. The van der Waals surface area contributed by atoms with Crippen LogP contribution in [0.5, 0.6) is 5.75 Å². The molecule has 41 heavy (non-hydrogen) atoms. The predicted molar refractivity (Wildman–Crippen MR) is 166 cm³/mol. The number of ether oxygens (including phenoxy) is 2. The Hall–Kier alpha value is -3.64. The number of benzene rings is 2. The van der Waals surface area contributed by atoms with Gasteiger partial charge in [-0.2, -0.15) is 11.8 Å². The lowest BCUT2D eigenvalue weighted by Crippen LogP contribution is -2.59. The molecule has 8 nitrogen and oxygen atoms in total. The SMILES string of the molecule is C#Cc1ccc(C(C(=O)Nc2ccc(OC)cc2)N(C(=O)C(CCSC)NC(=O)OC(C)(C)C)C(C)(C)CC)cc1. The predicted octanol–water partition coefficient (Wildman–Crippen LogP) is 6.02. The first-order valence-corrected chi connectivity index (χ1v) is 15.0. The van der Waals surface area contributed by atoms with Gasteiger partial charge in [0.1, 0.15) is 23.4 Å². The van der Waals surface area contributed by atoms with Crippen LogP contribution in [0.3, 0.4) is 0 Å². The van der Waals surface area contributed by atoms with Crippen LogP contribution in [0.1, 0.15) is 71.6 Å². The number of carbonyl (C=O) groups excluding carboxylic acids is 3. The normalized spacial score (nSPS) is 12.9. The van der Waals surface area contributed by atoms with Gasteiger partial charge in [0.05, 0.1) is 7.11 Å². The number of thioether (sulfide) groups is 1. The Morgan fingerprint density at radius 3 is 2.12 bits per heavy atom. The van der Waals surface area contributed by atoms with Gasteiger partial charge in [-0.25, -0.2) is 4.79 Å². The van der Waals surface area contributed by atoms with Gasteiger partial charge in [-0.3, -0.25) is 9.59 Å². The highest BCUT2D eigenvalue weighted by Gasteiger charge is 2.43. The second-order valence-electron chi connectivity index (χ2n) is 11.2. The quantitative estimate of drug-likeness (QED) is 0.298. The largest absolute Gasteiger partial charge is 0.497 e. The summed E-state index contributed by atoms with van der Waals surface area (Å²) < 4.78 is 10.7. The zero-order valence-corrected chi connectivity index (χ0v) is 26.2. The lowest BCUT2D eigenvalue weighted by molar-refractivity contribution is -0.147. The molecule has 2 unspecified atom stereocenters. The number of hydrogen-bond donors (Lipinski definition) is 2. The van der Waals surface area contributed by atoms with Gasteiger partial charge >= 0.3 is 6.09 Å². The highest BCUT2D eigenvalue weighted by atomic mass is 32.2. The molecule has 222 valence electrons. The van der Waals surface area contributed by atoms with Gasteiger partial charge in [-0.15, -0.1) is 6.42 Å². The first-order chi connectivity index (χ1) is 19.3. The molecule has 0 radical (unpaired) electrons. The van der Waals surface area contributed by atoms with Gasteiger partial charge in [-0.1, -0.05) is 25.0 Å². The topological polar surface area (TPSA) is 97.0 Å². The Balaban J connectivity index is 2.62. The summed E-state index contributed by atoms with van der Waals surface area (Å²) in [7, 11) is 1.57. The third kappa shape index (κ3) is 9.75. The van der Waals surface area contributed by atoms with Crippen LogP contribution in [0.25, 0.3) is 0 Å². The van der Waals surface area contributed by atoms with Gasteiger partial charge in [0.15, 0.2) is 0 Å². The minimum absolute atomic E-state index is 0.360.